The summed E-state index contributed by atoms with van der Waals surface area (Å²) in [4.78, 5) is 18.5. The minimum absolute atomic E-state index is 0.0561. The van der Waals surface area contributed by atoms with E-state index < -0.39 is 0 Å². The monoisotopic (exact) mass is 475 g/mol. The van der Waals surface area contributed by atoms with Crippen LogP contribution < -0.4 is 10.9 Å². The number of aryl methyl sites for hydroxylation is 1. The highest BCUT2D eigenvalue weighted by molar-refractivity contribution is 6.05. The van der Waals surface area contributed by atoms with E-state index in [4.69, 9.17) is 9.40 Å². The van der Waals surface area contributed by atoms with Gasteiger partial charge in [-0.25, -0.2) is 4.98 Å². The lowest BCUT2D eigenvalue weighted by Gasteiger charge is -2.19. The molecule has 36 heavy (non-hydrogen) atoms. The summed E-state index contributed by atoms with van der Waals surface area (Å²) in [5.41, 5.74) is 6.79. The van der Waals surface area contributed by atoms with Gasteiger partial charge in [0.25, 0.3) is 5.56 Å². The van der Waals surface area contributed by atoms with Gasteiger partial charge in [0.05, 0.1) is 6.20 Å². The zero-order chi connectivity index (χ0) is 24.6. The van der Waals surface area contributed by atoms with Gasteiger partial charge in [0.15, 0.2) is 0 Å². The van der Waals surface area contributed by atoms with Crippen molar-refractivity contribution in [3.63, 3.8) is 0 Å². The van der Waals surface area contributed by atoms with Crippen LogP contribution in [0.15, 0.2) is 93.8 Å². The number of nitrogens with one attached hydrogen (secondary N) is 1. The lowest BCUT2D eigenvalue weighted by molar-refractivity contribution is 0.645. The zero-order valence-electron chi connectivity index (χ0n) is 20.6. The van der Waals surface area contributed by atoms with E-state index in [1.807, 2.05) is 36.4 Å². The molecular weight excluding hydrogens is 446 g/mol. The Morgan fingerprint density at radius 2 is 1.86 bits per heavy atom. The molecule has 1 N–H and O–H groups in total. The molecule has 5 heteroatoms. The number of benzene rings is 3. The molecule has 0 saturated heterocycles. The predicted molar refractivity (Wildman–Crippen MR) is 146 cm³/mol. The molecule has 0 amide bonds. The molecule has 3 aromatic carbocycles. The standard InChI is InChI=1S/C31H29N3O2/c1-20-7-5-10-24(17-20)30-32-19-27(31(35)34(30)16-15-22-8-6-9-22)33-21(2)23-13-14-29-26(18-23)25-11-3-4-12-28(25)36-29/h3-5,7,10-15,17-19,21,33H,6,8-9,16H2,1-2H3. The second kappa shape index (κ2) is 9.15. The molecule has 0 radical (unpaired) electrons. The van der Waals surface area contributed by atoms with E-state index in [0.29, 0.717) is 18.1 Å². The maximum absolute atomic E-state index is 13.7. The number of nitrogens with zero attached hydrogens (tertiary/aromatic N) is 2. The Kier molecular flexibility index (Phi) is 5.68. The first-order valence-electron chi connectivity index (χ1n) is 12.6. The highest BCUT2D eigenvalue weighted by Gasteiger charge is 2.16. The number of allylic oxidation sites excluding steroid dienone is 2. The lowest BCUT2D eigenvalue weighted by atomic mass is 9.92. The maximum atomic E-state index is 13.7. The Bertz CT molecular complexity index is 1670. The summed E-state index contributed by atoms with van der Waals surface area (Å²) >= 11 is 0. The second-order valence-electron chi connectivity index (χ2n) is 9.72. The largest absolute Gasteiger partial charge is 0.456 e. The van der Waals surface area contributed by atoms with Crippen molar-refractivity contribution in [3.8, 4) is 11.4 Å². The minimum Gasteiger partial charge on any atom is -0.456 e. The number of para-hydroxylation sites is 1. The van der Waals surface area contributed by atoms with E-state index in [1.165, 1.54) is 12.0 Å². The van der Waals surface area contributed by atoms with Crippen molar-refractivity contribution in [1.29, 1.82) is 0 Å². The van der Waals surface area contributed by atoms with Crippen molar-refractivity contribution >= 4 is 27.6 Å². The number of furan rings is 1. The van der Waals surface area contributed by atoms with E-state index in [0.717, 1.165) is 51.5 Å². The SMILES string of the molecule is Cc1cccc(-c2ncc(NC(C)c3ccc4oc5ccccc5c4c3)c(=O)n2CC=C2CCC2)c1. The normalized spacial score (nSPS) is 14.1. The topological polar surface area (TPSA) is 60.1 Å². The van der Waals surface area contributed by atoms with Crippen molar-refractivity contribution in [2.24, 2.45) is 0 Å². The molecule has 1 aliphatic rings. The molecule has 5 nitrogen and oxygen atoms in total. The summed E-state index contributed by atoms with van der Waals surface area (Å²) in [5, 5.41) is 5.60. The highest BCUT2D eigenvalue weighted by Crippen LogP contribution is 2.31. The highest BCUT2D eigenvalue weighted by atomic mass is 16.3. The Labute approximate surface area is 210 Å². The molecule has 0 bridgehead atoms. The average Bonchev–Trinajstić information content (AvgIpc) is 3.23. The first-order chi connectivity index (χ1) is 17.6. The quantitative estimate of drug-likeness (QED) is 0.260. The van der Waals surface area contributed by atoms with Crippen molar-refractivity contribution in [2.45, 2.75) is 45.7 Å². The number of anilines is 1. The van der Waals surface area contributed by atoms with Crippen LogP contribution in [0.1, 0.15) is 43.4 Å². The van der Waals surface area contributed by atoms with Crippen LogP contribution in [0.3, 0.4) is 0 Å². The summed E-state index contributed by atoms with van der Waals surface area (Å²) in [7, 11) is 0. The van der Waals surface area contributed by atoms with Crippen molar-refractivity contribution < 1.29 is 4.42 Å². The Balaban J connectivity index is 1.36. The fourth-order valence-corrected chi connectivity index (χ4v) is 4.91. The third-order valence-electron chi connectivity index (χ3n) is 7.15. The van der Waals surface area contributed by atoms with Crippen LogP contribution in [-0.2, 0) is 6.54 Å². The second-order valence-corrected chi connectivity index (χ2v) is 9.72. The van der Waals surface area contributed by atoms with Crippen molar-refractivity contribution in [1.82, 2.24) is 9.55 Å². The number of rotatable bonds is 6. The predicted octanol–water partition coefficient (Wildman–Crippen LogP) is 7.40. The molecule has 2 heterocycles. The maximum Gasteiger partial charge on any atom is 0.277 e. The van der Waals surface area contributed by atoms with Crippen LogP contribution in [0, 0.1) is 6.92 Å². The van der Waals surface area contributed by atoms with Gasteiger partial charge in [-0.05, 0) is 62.9 Å². The van der Waals surface area contributed by atoms with Crippen LogP contribution in [0.25, 0.3) is 33.3 Å². The third kappa shape index (κ3) is 4.11. The van der Waals surface area contributed by atoms with E-state index in [9.17, 15) is 4.79 Å². The van der Waals surface area contributed by atoms with Crippen LogP contribution >= 0.6 is 0 Å². The molecule has 1 atom stereocenters. The first kappa shape index (κ1) is 22.4. The Morgan fingerprint density at radius 1 is 1.03 bits per heavy atom. The first-order valence-corrected chi connectivity index (χ1v) is 12.6. The smallest absolute Gasteiger partial charge is 0.277 e. The van der Waals surface area contributed by atoms with E-state index in [1.54, 1.807) is 10.8 Å². The Morgan fingerprint density at radius 3 is 2.67 bits per heavy atom. The summed E-state index contributed by atoms with van der Waals surface area (Å²) in [6.07, 6.45) is 7.36. The molecule has 1 saturated carbocycles. The lowest BCUT2D eigenvalue weighted by Crippen LogP contribution is -2.27. The van der Waals surface area contributed by atoms with E-state index in [2.05, 4.69) is 55.6 Å². The Hall–Kier alpha value is -4.12. The summed E-state index contributed by atoms with van der Waals surface area (Å²) in [6.45, 7) is 4.65. The van der Waals surface area contributed by atoms with Gasteiger partial charge < -0.3 is 9.73 Å². The molecule has 180 valence electrons. The van der Waals surface area contributed by atoms with Gasteiger partial charge in [0, 0.05) is 28.9 Å². The average molecular weight is 476 g/mol. The molecule has 0 aliphatic heterocycles. The molecule has 2 aromatic heterocycles. The van der Waals surface area contributed by atoms with Crippen LogP contribution in [0.5, 0.6) is 0 Å². The summed E-state index contributed by atoms with van der Waals surface area (Å²) < 4.78 is 7.77. The zero-order valence-corrected chi connectivity index (χ0v) is 20.6. The fourth-order valence-electron chi connectivity index (χ4n) is 4.91. The number of hydrogen-bond acceptors (Lipinski definition) is 4. The number of hydrogen-bond donors (Lipinski definition) is 1. The fraction of sp³-hybridized carbons (Fsp3) is 0.226. The van der Waals surface area contributed by atoms with Gasteiger partial charge >= 0.3 is 0 Å². The molecule has 6 rings (SSSR count). The van der Waals surface area contributed by atoms with Crippen LogP contribution in [0.4, 0.5) is 5.69 Å². The molecule has 1 aliphatic carbocycles. The van der Waals surface area contributed by atoms with Gasteiger partial charge in [0.2, 0.25) is 0 Å². The summed E-state index contributed by atoms with van der Waals surface area (Å²) in [6, 6.07) is 22.3. The van der Waals surface area contributed by atoms with Gasteiger partial charge in [0.1, 0.15) is 22.7 Å². The molecule has 1 unspecified atom stereocenters. The third-order valence-corrected chi connectivity index (χ3v) is 7.15. The van der Waals surface area contributed by atoms with Crippen LogP contribution in [-0.4, -0.2) is 9.55 Å². The number of aromatic nitrogens is 2. The number of fused-ring (bicyclic) bond motifs is 3. The van der Waals surface area contributed by atoms with Gasteiger partial charge in [-0.1, -0.05) is 59.7 Å². The van der Waals surface area contributed by atoms with Gasteiger partial charge in [-0.3, -0.25) is 9.36 Å². The van der Waals surface area contributed by atoms with E-state index >= 15 is 0 Å². The molecule has 5 aromatic rings. The van der Waals surface area contributed by atoms with Crippen molar-refractivity contribution in [2.75, 3.05) is 5.32 Å². The van der Waals surface area contributed by atoms with Gasteiger partial charge in [-0.15, -0.1) is 0 Å². The van der Waals surface area contributed by atoms with Crippen LogP contribution in [0.2, 0.25) is 0 Å². The minimum atomic E-state index is -0.0826. The molecule has 1 fully saturated rings. The molecular formula is C31H29N3O2. The molecule has 0 spiro atoms. The van der Waals surface area contributed by atoms with Gasteiger partial charge in [-0.2, -0.15) is 0 Å². The summed E-state index contributed by atoms with van der Waals surface area (Å²) in [5.74, 6) is 0.698. The van der Waals surface area contributed by atoms with Crippen molar-refractivity contribution in [3.05, 3.63) is 106 Å². The van der Waals surface area contributed by atoms with E-state index in [-0.39, 0.29) is 11.6 Å².